The monoisotopic (exact) mass is 405 g/mol. The molecule has 0 spiro atoms. The minimum atomic E-state index is -1.00. The van der Waals surface area contributed by atoms with Crippen LogP contribution in [0, 0.1) is 0 Å². The zero-order chi connectivity index (χ0) is 18.3. The largest absolute Gasteiger partial charge is 0.306 e. The van der Waals surface area contributed by atoms with E-state index in [4.69, 9.17) is 23.2 Å². The molecule has 132 valence electrons. The number of aromatic nitrogens is 2. The Morgan fingerprint density at radius 3 is 2.65 bits per heavy atom. The topological polar surface area (TPSA) is 64.0 Å². The third-order valence-corrected chi connectivity index (χ3v) is 5.85. The first-order chi connectivity index (χ1) is 12.5. The minimum absolute atomic E-state index is 0.271. The number of carbonyl (C=O) groups excluding carboxylic acids is 1. The van der Waals surface area contributed by atoms with Crippen LogP contribution in [0.1, 0.15) is 21.6 Å². The number of halogens is 2. The first-order valence-corrected chi connectivity index (χ1v) is 10.0. The van der Waals surface area contributed by atoms with Gasteiger partial charge in [-0.1, -0.05) is 41.4 Å². The summed E-state index contributed by atoms with van der Waals surface area (Å²) < 4.78 is 13.6. The van der Waals surface area contributed by atoms with Gasteiger partial charge in [-0.05, 0) is 30.3 Å². The Kier molecular flexibility index (Phi) is 4.56. The summed E-state index contributed by atoms with van der Waals surface area (Å²) in [6.45, 7) is 0. The lowest BCUT2D eigenvalue weighted by Crippen LogP contribution is -2.17. The van der Waals surface area contributed by atoms with E-state index < -0.39 is 16.7 Å². The summed E-state index contributed by atoms with van der Waals surface area (Å²) >= 11 is 12.1. The molecule has 5 nitrogen and oxygen atoms in total. The standard InChI is InChI=1S/C18H13Cl2N3O2S/c19-11-6-7-15(20)13(8-11)18(24)21-17-14-9-26(25)10-16(14)22-23(17)12-4-2-1-3-5-12/h1-8H,9-10H2,(H,21,24)/t26-/m1/s1. The van der Waals surface area contributed by atoms with E-state index in [1.54, 1.807) is 16.8 Å². The molecule has 0 bridgehead atoms. The van der Waals surface area contributed by atoms with Crippen LogP contribution in [0.4, 0.5) is 5.82 Å². The maximum Gasteiger partial charge on any atom is 0.258 e. The van der Waals surface area contributed by atoms with Gasteiger partial charge in [-0.15, -0.1) is 0 Å². The third kappa shape index (κ3) is 3.16. The number of nitrogens with one attached hydrogen (secondary N) is 1. The van der Waals surface area contributed by atoms with Crippen LogP contribution in [0.15, 0.2) is 48.5 Å². The second-order valence-corrected chi connectivity index (χ2v) is 8.13. The summed E-state index contributed by atoms with van der Waals surface area (Å²) in [6, 6.07) is 14.2. The number of amides is 1. The summed E-state index contributed by atoms with van der Waals surface area (Å²) in [5.41, 5.74) is 2.60. The van der Waals surface area contributed by atoms with Crippen LogP contribution in [-0.2, 0) is 22.3 Å². The zero-order valence-electron chi connectivity index (χ0n) is 13.4. The van der Waals surface area contributed by atoms with Gasteiger partial charge >= 0.3 is 0 Å². The van der Waals surface area contributed by atoms with E-state index in [1.807, 2.05) is 30.3 Å². The molecule has 1 aliphatic rings. The molecular weight excluding hydrogens is 393 g/mol. The predicted octanol–water partition coefficient (Wildman–Crippen LogP) is 4.19. The van der Waals surface area contributed by atoms with Crippen molar-refractivity contribution in [2.75, 3.05) is 5.32 Å². The van der Waals surface area contributed by atoms with Gasteiger partial charge in [0, 0.05) is 21.4 Å². The number of para-hydroxylation sites is 1. The van der Waals surface area contributed by atoms with Crippen molar-refractivity contribution < 1.29 is 9.00 Å². The molecule has 4 rings (SSSR count). The van der Waals surface area contributed by atoms with Gasteiger partial charge in [-0.2, -0.15) is 5.10 Å². The number of benzene rings is 2. The minimum Gasteiger partial charge on any atom is -0.306 e. The Labute approximate surface area is 162 Å². The van der Waals surface area contributed by atoms with Crippen molar-refractivity contribution in [2.45, 2.75) is 11.5 Å². The molecule has 0 saturated carbocycles. The molecule has 8 heteroatoms. The van der Waals surface area contributed by atoms with Crippen LogP contribution in [-0.4, -0.2) is 19.9 Å². The molecule has 2 aromatic carbocycles. The summed E-state index contributed by atoms with van der Waals surface area (Å²) in [4.78, 5) is 12.8. The Balaban J connectivity index is 1.77. The molecule has 1 aliphatic heterocycles. The van der Waals surface area contributed by atoms with Crippen LogP contribution >= 0.6 is 23.2 Å². The first kappa shape index (κ1) is 17.3. The molecule has 0 radical (unpaired) electrons. The van der Waals surface area contributed by atoms with Crippen LogP contribution < -0.4 is 5.32 Å². The average molecular weight is 406 g/mol. The van der Waals surface area contributed by atoms with Crippen LogP contribution in [0.3, 0.4) is 0 Å². The number of anilines is 1. The van der Waals surface area contributed by atoms with Gasteiger partial charge in [0.1, 0.15) is 5.82 Å². The Morgan fingerprint density at radius 1 is 1.12 bits per heavy atom. The van der Waals surface area contributed by atoms with Crippen molar-refractivity contribution in [2.24, 2.45) is 0 Å². The van der Waals surface area contributed by atoms with E-state index in [9.17, 15) is 9.00 Å². The number of hydrogen-bond acceptors (Lipinski definition) is 3. The quantitative estimate of drug-likeness (QED) is 0.710. The first-order valence-electron chi connectivity index (χ1n) is 7.80. The zero-order valence-corrected chi connectivity index (χ0v) is 15.7. The molecule has 0 fully saturated rings. The molecule has 0 saturated heterocycles. The fourth-order valence-electron chi connectivity index (χ4n) is 2.86. The fraction of sp³-hybridized carbons (Fsp3) is 0.111. The van der Waals surface area contributed by atoms with Crippen molar-refractivity contribution >= 4 is 45.7 Å². The lowest BCUT2D eigenvalue weighted by atomic mass is 10.2. The van der Waals surface area contributed by atoms with Gasteiger partial charge < -0.3 is 5.32 Å². The Hall–Kier alpha value is -2.15. The van der Waals surface area contributed by atoms with E-state index in [0.29, 0.717) is 27.4 Å². The van der Waals surface area contributed by atoms with Crippen LogP contribution in [0.5, 0.6) is 0 Å². The summed E-state index contributed by atoms with van der Waals surface area (Å²) in [5.74, 6) is 0.866. The smallest absolute Gasteiger partial charge is 0.258 e. The highest BCUT2D eigenvalue weighted by molar-refractivity contribution is 7.83. The number of rotatable bonds is 3. The van der Waals surface area contributed by atoms with Crippen molar-refractivity contribution in [3.63, 3.8) is 0 Å². The normalized spacial score (nSPS) is 15.7. The van der Waals surface area contributed by atoms with E-state index in [-0.39, 0.29) is 5.56 Å². The van der Waals surface area contributed by atoms with Gasteiger partial charge in [-0.3, -0.25) is 9.00 Å². The van der Waals surface area contributed by atoms with Crippen LogP contribution in [0.2, 0.25) is 10.0 Å². The second-order valence-electron chi connectivity index (χ2n) is 5.83. The molecule has 1 atom stereocenters. The van der Waals surface area contributed by atoms with Gasteiger partial charge in [0.2, 0.25) is 0 Å². The number of fused-ring (bicyclic) bond motifs is 1. The summed E-state index contributed by atoms with van der Waals surface area (Å²) in [6.07, 6.45) is 0. The van der Waals surface area contributed by atoms with E-state index in [1.165, 1.54) is 6.07 Å². The number of carbonyl (C=O) groups is 1. The predicted molar refractivity (Wildman–Crippen MR) is 104 cm³/mol. The Morgan fingerprint density at radius 2 is 1.88 bits per heavy atom. The molecule has 1 N–H and O–H groups in total. The van der Waals surface area contributed by atoms with E-state index >= 15 is 0 Å². The van der Waals surface area contributed by atoms with Crippen molar-refractivity contribution in [3.05, 3.63) is 75.4 Å². The van der Waals surface area contributed by atoms with Gasteiger partial charge in [0.15, 0.2) is 0 Å². The fourth-order valence-corrected chi connectivity index (χ4v) is 4.50. The highest BCUT2D eigenvalue weighted by Crippen LogP contribution is 2.32. The molecule has 0 unspecified atom stereocenters. The van der Waals surface area contributed by atoms with Gasteiger partial charge in [0.05, 0.1) is 33.5 Å². The Bertz CT molecular complexity index is 1030. The maximum atomic E-state index is 12.8. The number of hydrogen-bond donors (Lipinski definition) is 1. The van der Waals surface area contributed by atoms with Gasteiger partial charge in [0.25, 0.3) is 5.91 Å². The molecule has 1 aromatic heterocycles. The molecule has 3 aromatic rings. The lowest BCUT2D eigenvalue weighted by molar-refractivity contribution is 0.102. The van der Waals surface area contributed by atoms with E-state index in [2.05, 4.69) is 10.4 Å². The van der Waals surface area contributed by atoms with Crippen molar-refractivity contribution in [3.8, 4) is 5.69 Å². The van der Waals surface area contributed by atoms with E-state index in [0.717, 1.165) is 16.9 Å². The third-order valence-electron chi connectivity index (χ3n) is 4.08. The summed E-state index contributed by atoms with van der Waals surface area (Å²) in [7, 11) is -1.00. The average Bonchev–Trinajstić information content (AvgIpc) is 3.15. The molecule has 0 aliphatic carbocycles. The molecule has 26 heavy (non-hydrogen) atoms. The molecular formula is C18H13Cl2N3O2S. The van der Waals surface area contributed by atoms with Gasteiger partial charge in [-0.25, -0.2) is 4.68 Å². The maximum absolute atomic E-state index is 12.8. The van der Waals surface area contributed by atoms with Crippen molar-refractivity contribution in [1.82, 2.24) is 9.78 Å². The highest BCUT2D eigenvalue weighted by Gasteiger charge is 2.28. The second kappa shape index (κ2) is 6.87. The SMILES string of the molecule is O=C(Nc1c2c(nn1-c1ccccc1)C[S@](=O)C2)c1cc(Cl)ccc1Cl. The molecule has 1 amide bonds. The molecule has 2 heterocycles. The highest BCUT2D eigenvalue weighted by atomic mass is 35.5. The van der Waals surface area contributed by atoms with Crippen LogP contribution in [0.25, 0.3) is 5.69 Å². The van der Waals surface area contributed by atoms with Crippen molar-refractivity contribution in [1.29, 1.82) is 0 Å². The number of nitrogens with zero attached hydrogens (tertiary/aromatic N) is 2. The summed E-state index contributed by atoms with van der Waals surface area (Å²) in [5, 5.41) is 8.15. The lowest BCUT2D eigenvalue weighted by Gasteiger charge is -2.12.